The highest BCUT2D eigenvalue weighted by Crippen LogP contribution is 2.38. The first-order valence-electron chi connectivity index (χ1n) is 10.4. The van der Waals surface area contributed by atoms with Gasteiger partial charge in [0, 0.05) is 20.2 Å². The molecule has 0 atom stereocenters. The zero-order valence-corrected chi connectivity index (χ0v) is 18.9. The normalized spacial score (nSPS) is 11.0. The van der Waals surface area contributed by atoms with Gasteiger partial charge in [0.05, 0.1) is 25.3 Å². The highest BCUT2D eigenvalue weighted by molar-refractivity contribution is 7.25. The van der Waals surface area contributed by atoms with Crippen LogP contribution in [0.15, 0.2) is 84.9 Å². The number of ether oxygens (including phenoxy) is 2. The Balaban J connectivity index is 1.55. The molecular weight excluding hydrogens is 432 g/mol. The molecule has 0 bridgehead atoms. The summed E-state index contributed by atoms with van der Waals surface area (Å²) in [5, 5.41) is 2.38. The number of benzene rings is 4. The largest absolute Gasteiger partial charge is 0.465 e. The van der Waals surface area contributed by atoms with Crippen molar-refractivity contribution < 1.29 is 19.1 Å². The average Bonchev–Trinajstić information content (AvgIpc) is 3.25. The molecular formula is C28H20O4S. The van der Waals surface area contributed by atoms with Gasteiger partial charge >= 0.3 is 11.9 Å². The molecule has 0 fully saturated rings. The Morgan fingerprint density at radius 1 is 0.545 bits per heavy atom. The Kier molecular flexibility index (Phi) is 5.40. The van der Waals surface area contributed by atoms with E-state index < -0.39 is 0 Å². The van der Waals surface area contributed by atoms with E-state index in [9.17, 15) is 9.59 Å². The molecule has 33 heavy (non-hydrogen) atoms. The van der Waals surface area contributed by atoms with Crippen molar-refractivity contribution in [2.24, 2.45) is 0 Å². The number of hydrogen-bond donors (Lipinski definition) is 0. The lowest BCUT2D eigenvalue weighted by atomic mass is 9.99. The predicted octanol–water partition coefficient (Wildman–Crippen LogP) is 6.96. The predicted molar refractivity (Wildman–Crippen MR) is 133 cm³/mol. The fraction of sp³-hybridized carbons (Fsp3) is 0.0714. The maximum Gasteiger partial charge on any atom is 0.337 e. The van der Waals surface area contributed by atoms with E-state index in [1.165, 1.54) is 34.4 Å². The van der Waals surface area contributed by atoms with Gasteiger partial charge in [0.2, 0.25) is 0 Å². The van der Waals surface area contributed by atoms with Crippen LogP contribution in [0.3, 0.4) is 0 Å². The van der Waals surface area contributed by atoms with Gasteiger partial charge in [-0.25, -0.2) is 9.59 Å². The lowest BCUT2D eigenvalue weighted by molar-refractivity contribution is 0.0592. The summed E-state index contributed by atoms with van der Waals surface area (Å²) in [7, 11) is 2.77. The number of fused-ring (bicyclic) bond motifs is 3. The summed E-state index contributed by atoms with van der Waals surface area (Å²) < 4.78 is 12.0. The van der Waals surface area contributed by atoms with Gasteiger partial charge in [0.15, 0.2) is 0 Å². The zero-order chi connectivity index (χ0) is 22.9. The summed E-state index contributed by atoms with van der Waals surface area (Å²) in [6.07, 6.45) is 0. The second kappa shape index (κ2) is 8.52. The van der Waals surface area contributed by atoms with Crippen LogP contribution >= 0.6 is 11.3 Å². The van der Waals surface area contributed by atoms with Crippen LogP contribution in [0, 0.1) is 0 Å². The minimum Gasteiger partial charge on any atom is -0.465 e. The molecule has 0 aliphatic heterocycles. The van der Waals surface area contributed by atoms with E-state index in [0.717, 1.165) is 22.3 Å². The summed E-state index contributed by atoms with van der Waals surface area (Å²) >= 11 is 1.77. The average molecular weight is 453 g/mol. The Morgan fingerprint density at radius 3 is 1.27 bits per heavy atom. The summed E-state index contributed by atoms with van der Waals surface area (Å²) in [4.78, 5) is 23.4. The van der Waals surface area contributed by atoms with Crippen molar-refractivity contribution in [1.29, 1.82) is 0 Å². The molecule has 4 aromatic carbocycles. The molecule has 0 saturated carbocycles. The number of hydrogen-bond acceptors (Lipinski definition) is 5. The molecule has 0 amide bonds. The van der Waals surface area contributed by atoms with E-state index >= 15 is 0 Å². The lowest BCUT2D eigenvalue weighted by Crippen LogP contribution is -2.00. The van der Waals surface area contributed by atoms with Crippen molar-refractivity contribution in [3.05, 3.63) is 96.1 Å². The van der Waals surface area contributed by atoms with Crippen LogP contribution in [0.1, 0.15) is 20.7 Å². The number of esters is 2. The first kappa shape index (κ1) is 20.9. The maximum atomic E-state index is 11.7. The third-order valence-corrected chi connectivity index (χ3v) is 6.90. The molecule has 0 aliphatic rings. The highest BCUT2D eigenvalue weighted by atomic mass is 32.1. The standard InChI is InChI=1S/C28H20O4S/c1-31-27(29)19-7-3-17(4-8-19)21-11-13-25-23(15-21)24-16-22(12-14-26(24)33-25)18-5-9-20(10-6-18)28(30)32-2/h3-16H,1-2H3. The van der Waals surface area contributed by atoms with Crippen molar-refractivity contribution in [3.63, 3.8) is 0 Å². The second-order valence-electron chi connectivity index (χ2n) is 7.66. The smallest absolute Gasteiger partial charge is 0.337 e. The maximum absolute atomic E-state index is 11.7. The summed E-state index contributed by atoms with van der Waals surface area (Å²) in [6, 6.07) is 27.8. The van der Waals surface area contributed by atoms with Gasteiger partial charge in [-0.05, 0) is 70.8 Å². The van der Waals surface area contributed by atoms with Gasteiger partial charge in [-0.3, -0.25) is 0 Å². The second-order valence-corrected chi connectivity index (χ2v) is 8.75. The minimum atomic E-state index is -0.340. The van der Waals surface area contributed by atoms with Crippen molar-refractivity contribution in [2.75, 3.05) is 14.2 Å². The fourth-order valence-electron chi connectivity index (χ4n) is 3.97. The van der Waals surface area contributed by atoms with Gasteiger partial charge in [0.25, 0.3) is 0 Å². The van der Waals surface area contributed by atoms with E-state index in [0.29, 0.717) is 11.1 Å². The first-order chi connectivity index (χ1) is 16.1. The Morgan fingerprint density at radius 2 is 0.909 bits per heavy atom. The summed E-state index contributed by atoms with van der Waals surface area (Å²) in [6.45, 7) is 0. The Hall–Kier alpha value is -3.96. The quantitative estimate of drug-likeness (QED) is 0.277. The molecule has 162 valence electrons. The van der Waals surface area contributed by atoms with E-state index in [2.05, 4.69) is 36.4 Å². The molecule has 5 rings (SSSR count). The van der Waals surface area contributed by atoms with Gasteiger partial charge in [0.1, 0.15) is 0 Å². The molecule has 1 aromatic heterocycles. The van der Waals surface area contributed by atoms with Crippen LogP contribution in [-0.2, 0) is 9.47 Å². The number of rotatable bonds is 4. The molecule has 0 unspecified atom stereocenters. The number of thiophene rings is 1. The van der Waals surface area contributed by atoms with Crippen molar-refractivity contribution >= 4 is 43.4 Å². The van der Waals surface area contributed by atoms with E-state index in [4.69, 9.17) is 9.47 Å². The van der Waals surface area contributed by atoms with Crippen LogP contribution in [-0.4, -0.2) is 26.2 Å². The minimum absolute atomic E-state index is 0.340. The summed E-state index contributed by atoms with van der Waals surface area (Å²) in [5.41, 5.74) is 5.33. The van der Waals surface area contributed by atoms with Crippen molar-refractivity contribution in [1.82, 2.24) is 0 Å². The van der Waals surface area contributed by atoms with Gasteiger partial charge < -0.3 is 9.47 Å². The van der Waals surface area contributed by atoms with E-state index in [-0.39, 0.29) is 11.9 Å². The topological polar surface area (TPSA) is 52.6 Å². The summed E-state index contributed by atoms with van der Waals surface area (Å²) in [5.74, 6) is -0.680. The van der Waals surface area contributed by atoms with Crippen LogP contribution in [0.4, 0.5) is 0 Å². The molecule has 0 N–H and O–H groups in total. The molecule has 0 saturated heterocycles. The highest BCUT2D eigenvalue weighted by Gasteiger charge is 2.11. The molecule has 0 radical (unpaired) electrons. The molecule has 4 nitrogen and oxygen atoms in total. The van der Waals surface area contributed by atoms with Crippen LogP contribution in [0.25, 0.3) is 42.4 Å². The van der Waals surface area contributed by atoms with Crippen molar-refractivity contribution in [3.8, 4) is 22.3 Å². The van der Waals surface area contributed by atoms with Crippen LogP contribution in [0.5, 0.6) is 0 Å². The monoisotopic (exact) mass is 452 g/mol. The van der Waals surface area contributed by atoms with E-state index in [1.807, 2.05) is 24.3 Å². The van der Waals surface area contributed by atoms with E-state index in [1.54, 1.807) is 35.6 Å². The SMILES string of the molecule is COC(=O)c1ccc(-c2ccc3sc4ccc(-c5ccc(C(=O)OC)cc5)cc4c3c2)cc1. The number of carbonyl (C=O) groups excluding carboxylic acids is 2. The molecule has 1 heterocycles. The Labute approximate surface area is 195 Å². The van der Waals surface area contributed by atoms with Crippen LogP contribution in [0.2, 0.25) is 0 Å². The lowest BCUT2D eigenvalue weighted by Gasteiger charge is -2.06. The molecule has 5 aromatic rings. The van der Waals surface area contributed by atoms with Crippen molar-refractivity contribution in [2.45, 2.75) is 0 Å². The fourth-order valence-corrected chi connectivity index (χ4v) is 5.04. The number of methoxy groups -OCH3 is 2. The zero-order valence-electron chi connectivity index (χ0n) is 18.1. The van der Waals surface area contributed by atoms with Gasteiger partial charge in [-0.1, -0.05) is 36.4 Å². The van der Waals surface area contributed by atoms with Crippen LogP contribution < -0.4 is 0 Å². The Bertz CT molecular complexity index is 1380. The van der Waals surface area contributed by atoms with Gasteiger partial charge in [-0.15, -0.1) is 11.3 Å². The third-order valence-electron chi connectivity index (χ3n) is 5.75. The third kappa shape index (κ3) is 3.88. The molecule has 5 heteroatoms. The molecule has 0 aliphatic carbocycles. The first-order valence-corrected chi connectivity index (χ1v) is 11.2. The number of carbonyl (C=O) groups is 2. The van der Waals surface area contributed by atoms with Gasteiger partial charge in [-0.2, -0.15) is 0 Å². The molecule has 0 spiro atoms.